The van der Waals surface area contributed by atoms with Gasteiger partial charge in [0, 0.05) is 38.3 Å². The van der Waals surface area contributed by atoms with Gasteiger partial charge in [-0.3, -0.25) is 4.90 Å². The van der Waals surface area contributed by atoms with Gasteiger partial charge in [0.05, 0.1) is 0 Å². The minimum absolute atomic E-state index is 0.245. The summed E-state index contributed by atoms with van der Waals surface area (Å²) in [5, 5.41) is 0. The lowest BCUT2D eigenvalue weighted by Crippen LogP contribution is -2.60. The molecule has 0 aromatic carbocycles. The van der Waals surface area contributed by atoms with E-state index in [-0.39, 0.29) is 5.54 Å². The van der Waals surface area contributed by atoms with Crippen LogP contribution in [-0.4, -0.2) is 54.6 Å². The minimum Gasteiger partial charge on any atom is -0.329 e. The highest BCUT2D eigenvalue weighted by molar-refractivity contribution is 4.94. The summed E-state index contributed by atoms with van der Waals surface area (Å²) >= 11 is 0. The molecule has 1 saturated heterocycles. The standard InChI is InChI=1S/C15H33N3/c1-5-14(4)12-15(6-2,13-16)18-10-8-17(7-3)9-11-18/h14H,5-13,16H2,1-4H3. The smallest absolute Gasteiger partial charge is 0.0332 e. The van der Waals surface area contributed by atoms with E-state index in [1.807, 2.05) is 0 Å². The van der Waals surface area contributed by atoms with E-state index >= 15 is 0 Å². The van der Waals surface area contributed by atoms with Gasteiger partial charge in [0.25, 0.3) is 0 Å². The van der Waals surface area contributed by atoms with E-state index in [0.29, 0.717) is 0 Å². The first-order valence-corrected chi connectivity index (χ1v) is 7.79. The van der Waals surface area contributed by atoms with Gasteiger partial charge in [-0.15, -0.1) is 0 Å². The third kappa shape index (κ3) is 3.69. The second-order valence-electron chi connectivity index (χ2n) is 5.92. The number of piperazine rings is 1. The Morgan fingerprint density at radius 1 is 1.11 bits per heavy atom. The lowest BCUT2D eigenvalue weighted by molar-refractivity contribution is 0.0203. The molecular weight excluding hydrogens is 222 g/mol. The predicted molar refractivity (Wildman–Crippen MR) is 79.8 cm³/mol. The van der Waals surface area contributed by atoms with Crippen LogP contribution in [0.4, 0.5) is 0 Å². The number of likely N-dealkylation sites (N-methyl/N-ethyl adjacent to an activating group) is 1. The molecule has 18 heavy (non-hydrogen) atoms. The molecule has 1 fully saturated rings. The van der Waals surface area contributed by atoms with Crippen LogP contribution in [0.5, 0.6) is 0 Å². The van der Waals surface area contributed by atoms with Gasteiger partial charge in [0.1, 0.15) is 0 Å². The number of nitrogens with zero attached hydrogens (tertiary/aromatic N) is 2. The van der Waals surface area contributed by atoms with E-state index in [1.54, 1.807) is 0 Å². The molecule has 0 saturated carbocycles. The molecule has 0 radical (unpaired) electrons. The van der Waals surface area contributed by atoms with Crippen molar-refractivity contribution in [2.45, 2.75) is 52.5 Å². The van der Waals surface area contributed by atoms with Gasteiger partial charge in [0.2, 0.25) is 0 Å². The molecule has 3 nitrogen and oxygen atoms in total. The highest BCUT2D eigenvalue weighted by Gasteiger charge is 2.36. The van der Waals surface area contributed by atoms with Crippen molar-refractivity contribution in [2.75, 3.05) is 39.3 Å². The maximum atomic E-state index is 6.16. The number of rotatable bonds is 7. The average molecular weight is 255 g/mol. The average Bonchev–Trinajstić information content (AvgIpc) is 2.44. The largest absolute Gasteiger partial charge is 0.329 e. The normalized spacial score (nSPS) is 23.8. The summed E-state index contributed by atoms with van der Waals surface area (Å²) in [6.45, 7) is 16.0. The zero-order chi connectivity index (χ0) is 13.6. The fourth-order valence-corrected chi connectivity index (χ4v) is 3.19. The van der Waals surface area contributed by atoms with Gasteiger partial charge in [-0.05, 0) is 25.3 Å². The van der Waals surface area contributed by atoms with Crippen molar-refractivity contribution in [2.24, 2.45) is 11.7 Å². The molecular formula is C15H33N3. The molecule has 0 bridgehead atoms. The predicted octanol–water partition coefficient (Wildman–Crippen LogP) is 2.17. The van der Waals surface area contributed by atoms with Crippen molar-refractivity contribution in [3.05, 3.63) is 0 Å². The van der Waals surface area contributed by atoms with Gasteiger partial charge in [-0.25, -0.2) is 0 Å². The van der Waals surface area contributed by atoms with Crippen LogP contribution in [0.1, 0.15) is 47.0 Å². The molecule has 1 aliphatic heterocycles. The number of hydrogen-bond acceptors (Lipinski definition) is 3. The zero-order valence-corrected chi connectivity index (χ0v) is 12.9. The Kier molecular flexibility index (Phi) is 6.61. The molecule has 108 valence electrons. The van der Waals surface area contributed by atoms with E-state index in [9.17, 15) is 0 Å². The van der Waals surface area contributed by atoms with Crippen molar-refractivity contribution < 1.29 is 0 Å². The van der Waals surface area contributed by atoms with Gasteiger partial charge in [0.15, 0.2) is 0 Å². The van der Waals surface area contributed by atoms with Crippen LogP contribution in [0.3, 0.4) is 0 Å². The quantitative estimate of drug-likeness (QED) is 0.757. The molecule has 0 aromatic rings. The van der Waals surface area contributed by atoms with E-state index in [0.717, 1.165) is 12.5 Å². The van der Waals surface area contributed by atoms with Crippen LogP contribution in [0.2, 0.25) is 0 Å². The summed E-state index contributed by atoms with van der Waals surface area (Å²) in [6, 6.07) is 0. The highest BCUT2D eigenvalue weighted by Crippen LogP contribution is 2.29. The van der Waals surface area contributed by atoms with E-state index < -0.39 is 0 Å². The minimum atomic E-state index is 0.245. The SMILES string of the molecule is CCC(C)CC(CC)(CN)N1CCN(CC)CC1. The Morgan fingerprint density at radius 3 is 2.11 bits per heavy atom. The lowest BCUT2D eigenvalue weighted by atomic mass is 9.82. The number of hydrogen-bond donors (Lipinski definition) is 1. The van der Waals surface area contributed by atoms with Gasteiger partial charge in [-0.2, -0.15) is 0 Å². The molecule has 1 rings (SSSR count). The fourth-order valence-electron chi connectivity index (χ4n) is 3.19. The molecule has 0 aliphatic carbocycles. The third-order valence-corrected chi connectivity index (χ3v) is 4.95. The maximum absolute atomic E-state index is 6.16. The van der Waals surface area contributed by atoms with Crippen molar-refractivity contribution in [1.29, 1.82) is 0 Å². The first kappa shape index (κ1) is 15.9. The second kappa shape index (κ2) is 7.46. The fraction of sp³-hybridized carbons (Fsp3) is 1.00. The van der Waals surface area contributed by atoms with Crippen LogP contribution in [0, 0.1) is 5.92 Å². The Bertz CT molecular complexity index is 218. The summed E-state index contributed by atoms with van der Waals surface area (Å²) in [5.74, 6) is 0.776. The maximum Gasteiger partial charge on any atom is 0.0332 e. The molecule has 2 unspecified atom stereocenters. The molecule has 1 aliphatic rings. The summed E-state index contributed by atoms with van der Waals surface area (Å²) in [6.07, 6.45) is 3.69. The van der Waals surface area contributed by atoms with Gasteiger partial charge < -0.3 is 10.6 Å². The Hall–Kier alpha value is -0.120. The first-order chi connectivity index (χ1) is 8.61. The van der Waals surface area contributed by atoms with Crippen LogP contribution in [0.25, 0.3) is 0 Å². The van der Waals surface area contributed by atoms with Gasteiger partial charge in [-0.1, -0.05) is 34.1 Å². The third-order valence-electron chi connectivity index (χ3n) is 4.95. The Balaban J connectivity index is 2.66. The molecule has 2 N–H and O–H groups in total. The topological polar surface area (TPSA) is 32.5 Å². The van der Waals surface area contributed by atoms with Crippen LogP contribution in [0.15, 0.2) is 0 Å². The number of nitrogens with two attached hydrogens (primary N) is 1. The zero-order valence-electron chi connectivity index (χ0n) is 12.9. The lowest BCUT2D eigenvalue weighted by Gasteiger charge is -2.48. The van der Waals surface area contributed by atoms with E-state index in [2.05, 4.69) is 37.5 Å². The summed E-state index contributed by atoms with van der Waals surface area (Å²) in [4.78, 5) is 5.21. The Labute approximate surface area is 114 Å². The summed E-state index contributed by atoms with van der Waals surface area (Å²) < 4.78 is 0. The van der Waals surface area contributed by atoms with Gasteiger partial charge >= 0.3 is 0 Å². The Morgan fingerprint density at radius 2 is 1.72 bits per heavy atom. The first-order valence-electron chi connectivity index (χ1n) is 7.79. The van der Waals surface area contributed by atoms with E-state index in [1.165, 1.54) is 52.0 Å². The van der Waals surface area contributed by atoms with Crippen molar-refractivity contribution in [3.8, 4) is 0 Å². The summed E-state index contributed by atoms with van der Waals surface area (Å²) in [7, 11) is 0. The molecule has 3 heteroatoms. The van der Waals surface area contributed by atoms with E-state index in [4.69, 9.17) is 5.73 Å². The monoisotopic (exact) mass is 255 g/mol. The van der Waals surface area contributed by atoms with Crippen LogP contribution >= 0.6 is 0 Å². The van der Waals surface area contributed by atoms with Crippen LogP contribution < -0.4 is 5.73 Å². The van der Waals surface area contributed by atoms with Crippen molar-refractivity contribution in [1.82, 2.24) is 9.80 Å². The second-order valence-corrected chi connectivity index (χ2v) is 5.92. The molecule has 0 aromatic heterocycles. The van der Waals surface area contributed by atoms with Crippen LogP contribution in [-0.2, 0) is 0 Å². The molecule has 2 atom stereocenters. The molecule has 0 spiro atoms. The summed E-state index contributed by atoms with van der Waals surface area (Å²) in [5.41, 5.74) is 6.41. The molecule has 1 heterocycles. The van der Waals surface area contributed by atoms with Crippen molar-refractivity contribution in [3.63, 3.8) is 0 Å². The van der Waals surface area contributed by atoms with Crippen molar-refractivity contribution >= 4 is 0 Å². The molecule has 0 amide bonds. The highest BCUT2D eigenvalue weighted by atomic mass is 15.3.